The second-order valence-electron chi connectivity index (χ2n) is 4.69. The Kier molecular flexibility index (Phi) is 4.75. The molecule has 0 atom stereocenters. The Bertz CT molecular complexity index is 942. The van der Waals surface area contributed by atoms with Crippen molar-refractivity contribution in [3.8, 4) is 6.07 Å². The van der Waals surface area contributed by atoms with Crippen LogP contribution < -0.4 is 5.32 Å². The van der Waals surface area contributed by atoms with Crippen molar-refractivity contribution >= 4 is 46.7 Å². The van der Waals surface area contributed by atoms with Gasteiger partial charge in [0.25, 0.3) is 0 Å². The van der Waals surface area contributed by atoms with Crippen LogP contribution in [0.4, 0.5) is 17.3 Å². The standard InChI is InChI=1S/C16H10Cl2N6/c17-11-4-1-5-12(7-11)22-16-13(8-19)15(23-24-16)21-9-10-3-2-6-20-14(10)18/h1-7,9H,(H2,22,23,24). The first-order chi connectivity index (χ1) is 11.7. The van der Waals surface area contributed by atoms with Gasteiger partial charge in [0, 0.05) is 28.7 Å². The molecule has 0 radical (unpaired) electrons. The Morgan fingerprint density at radius 3 is 2.88 bits per heavy atom. The van der Waals surface area contributed by atoms with Crippen molar-refractivity contribution in [2.75, 3.05) is 5.32 Å². The van der Waals surface area contributed by atoms with Gasteiger partial charge in [0.05, 0.1) is 0 Å². The number of aromatic amines is 1. The van der Waals surface area contributed by atoms with Crippen LogP contribution in [0.3, 0.4) is 0 Å². The summed E-state index contributed by atoms with van der Waals surface area (Å²) in [4.78, 5) is 8.17. The minimum absolute atomic E-state index is 0.252. The fourth-order valence-corrected chi connectivity index (χ4v) is 2.32. The normalized spacial score (nSPS) is 10.7. The summed E-state index contributed by atoms with van der Waals surface area (Å²) >= 11 is 11.9. The molecule has 0 spiro atoms. The Morgan fingerprint density at radius 2 is 2.12 bits per heavy atom. The van der Waals surface area contributed by atoms with E-state index >= 15 is 0 Å². The molecule has 0 saturated carbocycles. The highest BCUT2D eigenvalue weighted by atomic mass is 35.5. The minimum atomic E-state index is 0.252. The molecular weight excluding hydrogens is 347 g/mol. The highest BCUT2D eigenvalue weighted by Gasteiger charge is 2.12. The SMILES string of the molecule is N#Cc1c(N=Cc2cccnc2Cl)n[nH]c1Nc1cccc(Cl)c1. The average molecular weight is 357 g/mol. The molecule has 0 bridgehead atoms. The molecule has 1 aromatic carbocycles. The van der Waals surface area contributed by atoms with Gasteiger partial charge in [0.1, 0.15) is 22.6 Å². The van der Waals surface area contributed by atoms with Crippen LogP contribution in [-0.4, -0.2) is 21.4 Å². The van der Waals surface area contributed by atoms with E-state index in [1.807, 2.05) is 6.07 Å². The predicted molar refractivity (Wildman–Crippen MR) is 94.5 cm³/mol. The van der Waals surface area contributed by atoms with Gasteiger partial charge in [0.2, 0.25) is 0 Å². The fraction of sp³-hybridized carbons (Fsp3) is 0. The number of aliphatic imine (C=N–C) groups is 1. The summed E-state index contributed by atoms with van der Waals surface area (Å²) in [5, 5.41) is 20.2. The van der Waals surface area contributed by atoms with Crippen molar-refractivity contribution < 1.29 is 0 Å². The zero-order valence-electron chi connectivity index (χ0n) is 12.2. The van der Waals surface area contributed by atoms with Crippen LogP contribution in [-0.2, 0) is 0 Å². The minimum Gasteiger partial charge on any atom is -0.339 e. The van der Waals surface area contributed by atoms with E-state index in [9.17, 15) is 5.26 Å². The first-order valence-electron chi connectivity index (χ1n) is 6.83. The van der Waals surface area contributed by atoms with Crippen LogP contribution >= 0.6 is 23.2 Å². The molecule has 0 fully saturated rings. The van der Waals surface area contributed by atoms with Crippen molar-refractivity contribution in [2.45, 2.75) is 0 Å². The molecule has 3 aromatic rings. The first kappa shape index (κ1) is 16.0. The van der Waals surface area contributed by atoms with E-state index in [1.54, 1.807) is 36.5 Å². The third kappa shape index (κ3) is 3.54. The summed E-state index contributed by atoms with van der Waals surface area (Å²) in [6.07, 6.45) is 3.09. The van der Waals surface area contributed by atoms with Crippen LogP contribution in [0.5, 0.6) is 0 Å². The Morgan fingerprint density at radius 1 is 1.25 bits per heavy atom. The van der Waals surface area contributed by atoms with E-state index in [2.05, 4.69) is 31.6 Å². The van der Waals surface area contributed by atoms with Crippen molar-refractivity contribution in [3.63, 3.8) is 0 Å². The van der Waals surface area contributed by atoms with Gasteiger partial charge >= 0.3 is 0 Å². The largest absolute Gasteiger partial charge is 0.339 e. The monoisotopic (exact) mass is 356 g/mol. The van der Waals surface area contributed by atoms with E-state index in [4.69, 9.17) is 23.2 Å². The van der Waals surface area contributed by atoms with Crippen LogP contribution in [0.1, 0.15) is 11.1 Å². The number of benzene rings is 1. The number of anilines is 2. The third-order valence-electron chi connectivity index (χ3n) is 3.07. The summed E-state index contributed by atoms with van der Waals surface area (Å²) in [6.45, 7) is 0. The second-order valence-corrected chi connectivity index (χ2v) is 5.48. The molecule has 2 heterocycles. The molecular formula is C16H10Cl2N6. The summed E-state index contributed by atoms with van der Waals surface area (Å²) in [5.41, 5.74) is 1.65. The lowest BCUT2D eigenvalue weighted by atomic mass is 10.3. The van der Waals surface area contributed by atoms with E-state index in [1.165, 1.54) is 6.21 Å². The summed E-state index contributed by atoms with van der Waals surface area (Å²) in [7, 11) is 0. The maximum absolute atomic E-state index is 9.38. The van der Waals surface area contributed by atoms with Gasteiger partial charge in [-0.15, -0.1) is 0 Å². The third-order valence-corrected chi connectivity index (χ3v) is 3.62. The van der Waals surface area contributed by atoms with Crippen molar-refractivity contribution in [3.05, 3.63) is 63.9 Å². The predicted octanol–water partition coefficient (Wildman–Crippen LogP) is 4.48. The molecule has 0 aliphatic rings. The molecule has 8 heteroatoms. The van der Waals surface area contributed by atoms with Gasteiger partial charge in [-0.2, -0.15) is 10.4 Å². The Balaban J connectivity index is 1.87. The van der Waals surface area contributed by atoms with Crippen LogP contribution in [0, 0.1) is 11.3 Å². The van der Waals surface area contributed by atoms with Gasteiger partial charge in [-0.3, -0.25) is 5.10 Å². The molecule has 0 aliphatic heterocycles. The number of hydrogen-bond acceptors (Lipinski definition) is 5. The van der Waals surface area contributed by atoms with Gasteiger partial charge in [-0.25, -0.2) is 9.98 Å². The Labute approximate surface area is 147 Å². The summed E-state index contributed by atoms with van der Waals surface area (Å²) < 4.78 is 0. The number of hydrogen-bond donors (Lipinski definition) is 2. The van der Waals surface area contributed by atoms with Gasteiger partial charge in [-0.1, -0.05) is 29.3 Å². The number of nitrogens with one attached hydrogen (secondary N) is 2. The number of pyridine rings is 1. The Hall–Kier alpha value is -2.88. The zero-order valence-corrected chi connectivity index (χ0v) is 13.7. The van der Waals surface area contributed by atoms with Gasteiger partial charge in [-0.05, 0) is 30.3 Å². The lowest BCUT2D eigenvalue weighted by Crippen LogP contribution is -1.92. The summed E-state index contributed by atoms with van der Waals surface area (Å²) in [5.74, 6) is 0.686. The van der Waals surface area contributed by atoms with Crippen molar-refractivity contribution in [1.82, 2.24) is 15.2 Å². The smallest absolute Gasteiger partial charge is 0.193 e. The number of halogens is 2. The van der Waals surface area contributed by atoms with Crippen molar-refractivity contribution in [2.24, 2.45) is 4.99 Å². The number of nitriles is 1. The lowest BCUT2D eigenvalue weighted by Gasteiger charge is -2.03. The van der Waals surface area contributed by atoms with Crippen LogP contribution in [0.15, 0.2) is 47.6 Å². The lowest BCUT2D eigenvalue weighted by molar-refractivity contribution is 1.09. The molecule has 118 valence electrons. The van der Waals surface area contributed by atoms with Gasteiger partial charge in [0.15, 0.2) is 5.82 Å². The molecule has 2 N–H and O–H groups in total. The number of H-pyrrole nitrogens is 1. The van der Waals surface area contributed by atoms with Gasteiger partial charge < -0.3 is 5.32 Å². The first-order valence-corrected chi connectivity index (χ1v) is 7.58. The summed E-state index contributed by atoms with van der Waals surface area (Å²) in [6, 6.07) is 12.7. The molecule has 6 nitrogen and oxygen atoms in total. The molecule has 0 amide bonds. The van der Waals surface area contributed by atoms with E-state index in [0.29, 0.717) is 21.6 Å². The van der Waals surface area contributed by atoms with E-state index in [0.717, 1.165) is 5.69 Å². The zero-order chi connectivity index (χ0) is 16.9. The molecule has 0 aliphatic carbocycles. The van der Waals surface area contributed by atoms with Crippen molar-refractivity contribution in [1.29, 1.82) is 5.26 Å². The second kappa shape index (κ2) is 7.13. The number of nitrogens with zero attached hydrogens (tertiary/aromatic N) is 4. The van der Waals surface area contributed by atoms with Crippen LogP contribution in [0.2, 0.25) is 10.2 Å². The highest BCUT2D eigenvalue weighted by Crippen LogP contribution is 2.26. The van der Waals surface area contributed by atoms with E-state index in [-0.39, 0.29) is 11.4 Å². The molecule has 24 heavy (non-hydrogen) atoms. The number of rotatable bonds is 4. The molecule has 0 unspecified atom stereocenters. The number of aromatic nitrogens is 3. The quantitative estimate of drug-likeness (QED) is 0.532. The van der Waals surface area contributed by atoms with Crippen LogP contribution in [0.25, 0.3) is 0 Å². The van der Waals surface area contributed by atoms with E-state index < -0.39 is 0 Å². The molecule has 2 aromatic heterocycles. The topological polar surface area (TPSA) is 89.8 Å². The molecule has 3 rings (SSSR count). The fourth-order valence-electron chi connectivity index (χ4n) is 1.96. The molecule has 0 saturated heterocycles. The highest BCUT2D eigenvalue weighted by molar-refractivity contribution is 6.32. The maximum atomic E-state index is 9.38. The average Bonchev–Trinajstić information content (AvgIpc) is 2.96. The maximum Gasteiger partial charge on any atom is 0.193 e.